The molecule has 1 aromatic carbocycles. The maximum absolute atomic E-state index is 13.7. The third-order valence-corrected chi connectivity index (χ3v) is 3.53. The number of amides is 1. The van der Waals surface area contributed by atoms with Crippen molar-refractivity contribution in [3.63, 3.8) is 0 Å². The summed E-state index contributed by atoms with van der Waals surface area (Å²) in [5, 5.41) is 2.48. The van der Waals surface area contributed by atoms with E-state index in [9.17, 15) is 9.18 Å². The summed E-state index contributed by atoms with van der Waals surface area (Å²) in [5.41, 5.74) is 2.57. The first-order valence-corrected chi connectivity index (χ1v) is 6.99. The van der Waals surface area contributed by atoms with Crippen LogP contribution in [0.1, 0.15) is 10.4 Å². The van der Waals surface area contributed by atoms with Crippen LogP contribution in [-0.2, 0) is 0 Å². The van der Waals surface area contributed by atoms with E-state index in [2.05, 4.69) is 47.6 Å². The maximum Gasteiger partial charge on any atom is 0.259 e. The van der Waals surface area contributed by atoms with Crippen LogP contribution >= 0.6 is 31.9 Å². The largest absolute Gasteiger partial charge is 0.318 e. The van der Waals surface area contributed by atoms with E-state index in [1.54, 1.807) is 6.07 Å². The fraction of sp³-hybridized carbons (Fsp3) is 0. The average Bonchev–Trinajstić information content (AvgIpc) is 2.43. The molecular weight excluding hydrogens is 395 g/mol. The first-order valence-electron chi connectivity index (χ1n) is 5.40. The quantitative estimate of drug-likeness (QED) is 0.542. The lowest BCUT2D eigenvalue weighted by Gasteiger charge is -2.11. The standard InChI is InChI=1S/C12H9Br2FN4O/c13-6-4-7(11(19-16)17-5-6)12(20)18-10-8(14)2-1-3-9(10)15/h1-5H,16H2,(H,17,19)(H,18,20). The lowest BCUT2D eigenvalue weighted by Crippen LogP contribution is -2.19. The number of nitrogen functional groups attached to an aromatic ring is 1. The first-order chi connectivity index (χ1) is 9.52. The zero-order chi connectivity index (χ0) is 14.7. The van der Waals surface area contributed by atoms with Gasteiger partial charge in [0.1, 0.15) is 5.82 Å². The number of nitrogens with one attached hydrogen (secondary N) is 2. The van der Waals surface area contributed by atoms with Crippen molar-refractivity contribution >= 4 is 49.3 Å². The van der Waals surface area contributed by atoms with E-state index >= 15 is 0 Å². The van der Waals surface area contributed by atoms with Gasteiger partial charge in [-0.05, 0) is 50.1 Å². The second-order valence-electron chi connectivity index (χ2n) is 3.74. The Morgan fingerprint density at radius 3 is 2.75 bits per heavy atom. The summed E-state index contributed by atoms with van der Waals surface area (Å²) >= 11 is 6.39. The Kier molecular flexibility index (Phi) is 4.69. The van der Waals surface area contributed by atoms with Crippen LogP contribution in [0.15, 0.2) is 39.4 Å². The molecule has 0 spiro atoms. The number of nitrogens with zero attached hydrogens (tertiary/aromatic N) is 1. The summed E-state index contributed by atoms with van der Waals surface area (Å²) in [6, 6.07) is 5.94. The Morgan fingerprint density at radius 1 is 1.35 bits per heavy atom. The summed E-state index contributed by atoms with van der Waals surface area (Å²) in [4.78, 5) is 16.2. The van der Waals surface area contributed by atoms with Gasteiger partial charge < -0.3 is 10.7 Å². The Balaban J connectivity index is 2.35. The number of nitrogens with two attached hydrogens (primary N) is 1. The average molecular weight is 404 g/mol. The predicted octanol–water partition coefficient (Wildman–Crippen LogP) is 3.28. The third-order valence-electron chi connectivity index (χ3n) is 2.44. The van der Waals surface area contributed by atoms with Crippen LogP contribution in [-0.4, -0.2) is 10.9 Å². The third kappa shape index (κ3) is 3.14. The SMILES string of the molecule is NNc1ncc(Br)cc1C(=O)Nc1c(F)cccc1Br. The molecule has 104 valence electrons. The molecule has 5 nitrogen and oxygen atoms in total. The molecule has 0 aliphatic carbocycles. The number of hydrogen-bond donors (Lipinski definition) is 3. The summed E-state index contributed by atoms with van der Waals surface area (Å²) < 4.78 is 14.7. The van der Waals surface area contributed by atoms with E-state index in [0.29, 0.717) is 8.95 Å². The summed E-state index contributed by atoms with van der Waals surface area (Å²) in [6.45, 7) is 0. The summed E-state index contributed by atoms with van der Waals surface area (Å²) in [5.74, 6) is 4.42. The van der Waals surface area contributed by atoms with Crippen molar-refractivity contribution in [1.82, 2.24) is 4.98 Å². The molecule has 0 aliphatic heterocycles. The molecule has 4 N–H and O–H groups in total. The molecule has 0 unspecified atom stereocenters. The predicted molar refractivity (Wildman–Crippen MR) is 81.8 cm³/mol. The molecule has 1 amide bonds. The molecule has 0 saturated carbocycles. The highest BCUT2D eigenvalue weighted by Crippen LogP contribution is 2.26. The number of pyridine rings is 1. The Bertz CT molecular complexity index is 646. The van der Waals surface area contributed by atoms with Crippen molar-refractivity contribution in [2.75, 3.05) is 10.7 Å². The minimum absolute atomic E-state index is 0.0560. The topological polar surface area (TPSA) is 80.0 Å². The van der Waals surface area contributed by atoms with E-state index in [0.717, 1.165) is 0 Å². The van der Waals surface area contributed by atoms with Crippen molar-refractivity contribution in [1.29, 1.82) is 0 Å². The molecule has 0 aliphatic rings. The van der Waals surface area contributed by atoms with Crippen LogP contribution in [0.25, 0.3) is 0 Å². The number of benzene rings is 1. The molecule has 0 radical (unpaired) electrons. The molecule has 1 heterocycles. The molecule has 0 fully saturated rings. The molecule has 8 heteroatoms. The van der Waals surface area contributed by atoms with Gasteiger partial charge in [-0.25, -0.2) is 15.2 Å². The molecule has 0 bridgehead atoms. The van der Waals surface area contributed by atoms with Crippen LogP contribution in [0, 0.1) is 5.82 Å². The molecule has 2 aromatic rings. The zero-order valence-corrected chi connectivity index (χ0v) is 13.1. The van der Waals surface area contributed by atoms with Gasteiger partial charge in [-0.2, -0.15) is 0 Å². The molecule has 2 rings (SSSR count). The number of anilines is 2. The number of carbonyl (C=O) groups excluding carboxylic acids is 1. The van der Waals surface area contributed by atoms with E-state index in [4.69, 9.17) is 5.84 Å². The Labute approximate surface area is 131 Å². The molecule has 1 aromatic heterocycles. The van der Waals surface area contributed by atoms with Crippen molar-refractivity contribution in [2.24, 2.45) is 5.84 Å². The van der Waals surface area contributed by atoms with Gasteiger partial charge in [0.25, 0.3) is 5.91 Å². The fourth-order valence-corrected chi connectivity index (χ4v) is 2.30. The van der Waals surface area contributed by atoms with Crippen molar-refractivity contribution in [3.8, 4) is 0 Å². The lowest BCUT2D eigenvalue weighted by atomic mass is 10.2. The Morgan fingerprint density at radius 2 is 2.10 bits per heavy atom. The second kappa shape index (κ2) is 6.29. The van der Waals surface area contributed by atoms with Gasteiger partial charge in [-0.15, -0.1) is 0 Å². The monoisotopic (exact) mass is 402 g/mol. The van der Waals surface area contributed by atoms with Gasteiger partial charge in [-0.3, -0.25) is 4.79 Å². The van der Waals surface area contributed by atoms with E-state index < -0.39 is 11.7 Å². The maximum atomic E-state index is 13.7. The van der Waals surface area contributed by atoms with E-state index in [1.165, 1.54) is 24.4 Å². The highest BCUT2D eigenvalue weighted by atomic mass is 79.9. The number of aromatic nitrogens is 1. The smallest absolute Gasteiger partial charge is 0.259 e. The van der Waals surface area contributed by atoms with Crippen LogP contribution in [0.2, 0.25) is 0 Å². The highest BCUT2D eigenvalue weighted by molar-refractivity contribution is 9.10. The Hall–Kier alpha value is -1.51. The molecule has 0 saturated heterocycles. The summed E-state index contributed by atoms with van der Waals surface area (Å²) in [6.07, 6.45) is 1.49. The van der Waals surface area contributed by atoms with Gasteiger partial charge in [0.15, 0.2) is 5.82 Å². The first kappa shape index (κ1) is 14.9. The zero-order valence-electron chi connectivity index (χ0n) is 9.95. The van der Waals surface area contributed by atoms with Crippen molar-refractivity contribution in [2.45, 2.75) is 0 Å². The fourth-order valence-electron chi connectivity index (χ4n) is 1.53. The van der Waals surface area contributed by atoms with Crippen LogP contribution in [0.5, 0.6) is 0 Å². The molecule has 20 heavy (non-hydrogen) atoms. The van der Waals surface area contributed by atoms with Crippen LogP contribution in [0.4, 0.5) is 15.9 Å². The van der Waals surface area contributed by atoms with Crippen LogP contribution in [0.3, 0.4) is 0 Å². The van der Waals surface area contributed by atoms with Gasteiger partial charge >= 0.3 is 0 Å². The van der Waals surface area contributed by atoms with Crippen LogP contribution < -0.4 is 16.6 Å². The number of hydrazine groups is 1. The number of hydrogen-bond acceptors (Lipinski definition) is 4. The number of rotatable bonds is 3. The number of para-hydroxylation sites is 1. The van der Waals surface area contributed by atoms with Crippen molar-refractivity contribution < 1.29 is 9.18 Å². The van der Waals surface area contributed by atoms with Gasteiger partial charge in [0.05, 0.1) is 11.3 Å². The minimum atomic E-state index is -0.544. The number of halogens is 3. The van der Waals surface area contributed by atoms with Crippen molar-refractivity contribution in [3.05, 3.63) is 50.8 Å². The van der Waals surface area contributed by atoms with E-state index in [-0.39, 0.29) is 17.1 Å². The van der Waals surface area contributed by atoms with E-state index in [1.807, 2.05) is 0 Å². The van der Waals surface area contributed by atoms with Gasteiger partial charge in [0.2, 0.25) is 0 Å². The molecular formula is C12H9Br2FN4O. The lowest BCUT2D eigenvalue weighted by molar-refractivity contribution is 0.102. The highest BCUT2D eigenvalue weighted by Gasteiger charge is 2.16. The second-order valence-corrected chi connectivity index (χ2v) is 5.51. The summed E-state index contributed by atoms with van der Waals surface area (Å²) in [7, 11) is 0. The van der Waals surface area contributed by atoms with Gasteiger partial charge in [0, 0.05) is 15.1 Å². The molecule has 0 atom stereocenters. The number of carbonyl (C=O) groups is 1. The van der Waals surface area contributed by atoms with Gasteiger partial charge in [-0.1, -0.05) is 6.07 Å². The minimum Gasteiger partial charge on any atom is -0.318 e. The normalized spacial score (nSPS) is 10.2.